The van der Waals surface area contributed by atoms with E-state index in [4.69, 9.17) is 4.74 Å². The molecule has 0 aliphatic heterocycles. The molecular formula is C13H20N2O2. The molecule has 1 aromatic carbocycles. The molecule has 0 fully saturated rings. The largest absolute Gasteiger partial charge is 0.495 e. The lowest BCUT2D eigenvalue weighted by molar-refractivity contribution is -0.119. The second-order valence-electron chi connectivity index (χ2n) is 4.28. The number of anilines is 1. The van der Waals surface area contributed by atoms with E-state index in [1.807, 2.05) is 39.0 Å². The fraction of sp³-hybridized carbons (Fsp3) is 0.462. The summed E-state index contributed by atoms with van der Waals surface area (Å²) in [6.45, 7) is 6.12. The Balaban J connectivity index is 2.62. The molecule has 0 aromatic heterocycles. The molecule has 0 spiro atoms. The van der Waals surface area contributed by atoms with Crippen LogP contribution in [0.1, 0.15) is 19.4 Å². The Hall–Kier alpha value is -1.71. The third kappa shape index (κ3) is 4.34. The van der Waals surface area contributed by atoms with Crippen molar-refractivity contribution in [2.24, 2.45) is 0 Å². The normalized spacial score (nSPS) is 10.2. The Morgan fingerprint density at radius 2 is 2.12 bits per heavy atom. The fourth-order valence-electron chi connectivity index (χ4n) is 1.51. The average molecular weight is 236 g/mol. The number of hydrogen-bond donors (Lipinski definition) is 2. The van der Waals surface area contributed by atoms with Gasteiger partial charge in [-0.1, -0.05) is 6.07 Å². The molecule has 0 saturated carbocycles. The third-order valence-electron chi connectivity index (χ3n) is 2.24. The maximum atomic E-state index is 11.5. The van der Waals surface area contributed by atoms with Crippen molar-refractivity contribution in [3.63, 3.8) is 0 Å². The lowest BCUT2D eigenvalue weighted by Crippen LogP contribution is -2.34. The van der Waals surface area contributed by atoms with Gasteiger partial charge in [-0.3, -0.25) is 4.79 Å². The summed E-state index contributed by atoms with van der Waals surface area (Å²) in [6, 6.07) is 5.97. The maximum absolute atomic E-state index is 11.5. The van der Waals surface area contributed by atoms with E-state index >= 15 is 0 Å². The molecule has 1 aromatic rings. The van der Waals surface area contributed by atoms with Crippen LogP contribution in [0.15, 0.2) is 18.2 Å². The van der Waals surface area contributed by atoms with E-state index in [0.29, 0.717) is 0 Å². The molecule has 17 heavy (non-hydrogen) atoms. The van der Waals surface area contributed by atoms with Crippen molar-refractivity contribution in [1.29, 1.82) is 0 Å². The van der Waals surface area contributed by atoms with Gasteiger partial charge in [0.25, 0.3) is 0 Å². The smallest absolute Gasteiger partial charge is 0.239 e. The Labute approximate surface area is 102 Å². The van der Waals surface area contributed by atoms with Crippen LogP contribution in [-0.2, 0) is 4.79 Å². The molecule has 0 saturated heterocycles. The van der Waals surface area contributed by atoms with Crippen LogP contribution in [0.3, 0.4) is 0 Å². The molecule has 2 N–H and O–H groups in total. The average Bonchev–Trinajstić information content (AvgIpc) is 2.25. The number of carbonyl (C=O) groups excluding carboxylic acids is 1. The molecule has 94 valence electrons. The van der Waals surface area contributed by atoms with E-state index in [2.05, 4.69) is 10.6 Å². The maximum Gasteiger partial charge on any atom is 0.239 e. The number of hydrogen-bond acceptors (Lipinski definition) is 3. The van der Waals surface area contributed by atoms with E-state index in [-0.39, 0.29) is 18.5 Å². The second kappa shape index (κ2) is 6.13. The molecule has 0 atom stereocenters. The summed E-state index contributed by atoms with van der Waals surface area (Å²) in [6.07, 6.45) is 0. The van der Waals surface area contributed by atoms with E-state index in [1.54, 1.807) is 7.11 Å². The fourth-order valence-corrected chi connectivity index (χ4v) is 1.51. The van der Waals surface area contributed by atoms with Gasteiger partial charge in [0.2, 0.25) is 5.91 Å². The first-order chi connectivity index (χ1) is 8.02. The molecule has 0 aliphatic carbocycles. The minimum atomic E-state index is -0.0245. The molecule has 0 unspecified atom stereocenters. The van der Waals surface area contributed by atoms with Crippen molar-refractivity contribution in [3.8, 4) is 5.75 Å². The lowest BCUT2D eigenvalue weighted by atomic mass is 10.2. The predicted molar refractivity (Wildman–Crippen MR) is 69.5 cm³/mol. The van der Waals surface area contributed by atoms with Gasteiger partial charge in [-0.15, -0.1) is 0 Å². The number of methoxy groups -OCH3 is 1. The summed E-state index contributed by atoms with van der Waals surface area (Å²) >= 11 is 0. The monoisotopic (exact) mass is 236 g/mol. The highest BCUT2D eigenvalue weighted by atomic mass is 16.5. The highest BCUT2D eigenvalue weighted by molar-refractivity contribution is 5.81. The first kappa shape index (κ1) is 13.4. The molecule has 4 nitrogen and oxygen atoms in total. The minimum Gasteiger partial charge on any atom is -0.495 e. The molecule has 0 aliphatic rings. The third-order valence-corrected chi connectivity index (χ3v) is 2.24. The summed E-state index contributed by atoms with van der Waals surface area (Å²) in [5, 5.41) is 5.90. The van der Waals surface area contributed by atoms with E-state index in [1.165, 1.54) is 0 Å². The van der Waals surface area contributed by atoms with Crippen LogP contribution in [0, 0.1) is 6.92 Å². The van der Waals surface area contributed by atoms with Crippen molar-refractivity contribution < 1.29 is 9.53 Å². The van der Waals surface area contributed by atoms with Crippen LogP contribution in [0.25, 0.3) is 0 Å². The topological polar surface area (TPSA) is 50.4 Å². The van der Waals surface area contributed by atoms with Gasteiger partial charge in [0.1, 0.15) is 5.75 Å². The van der Waals surface area contributed by atoms with Gasteiger partial charge < -0.3 is 15.4 Å². The van der Waals surface area contributed by atoms with E-state index in [0.717, 1.165) is 17.0 Å². The summed E-state index contributed by atoms with van der Waals surface area (Å²) in [5.74, 6) is 0.719. The zero-order chi connectivity index (χ0) is 12.8. The van der Waals surface area contributed by atoms with Gasteiger partial charge in [0.15, 0.2) is 0 Å². The molecule has 4 heteroatoms. The van der Waals surface area contributed by atoms with Crippen LogP contribution >= 0.6 is 0 Å². The number of carbonyl (C=O) groups is 1. The summed E-state index contributed by atoms with van der Waals surface area (Å²) in [4.78, 5) is 11.5. The number of ether oxygens (including phenoxy) is 1. The van der Waals surface area contributed by atoms with Crippen LogP contribution in [-0.4, -0.2) is 25.6 Å². The van der Waals surface area contributed by atoms with Gasteiger partial charge in [-0.2, -0.15) is 0 Å². The van der Waals surface area contributed by atoms with Crippen molar-refractivity contribution in [3.05, 3.63) is 23.8 Å². The zero-order valence-corrected chi connectivity index (χ0v) is 10.8. The van der Waals surface area contributed by atoms with Gasteiger partial charge >= 0.3 is 0 Å². The van der Waals surface area contributed by atoms with Gasteiger partial charge in [0, 0.05) is 6.04 Å². The molecule has 1 rings (SSSR count). The van der Waals surface area contributed by atoms with Gasteiger partial charge in [0.05, 0.1) is 19.3 Å². The Morgan fingerprint density at radius 3 is 2.71 bits per heavy atom. The SMILES string of the molecule is COc1ccc(C)cc1NCC(=O)NC(C)C. The van der Waals surface area contributed by atoms with Crippen LogP contribution in [0.2, 0.25) is 0 Å². The lowest BCUT2D eigenvalue weighted by Gasteiger charge is -2.13. The van der Waals surface area contributed by atoms with Crippen molar-refractivity contribution in [1.82, 2.24) is 5.32 Å². The molecule has 0 heterocycles. The van der Waals surface area contributed by atoms with E-state index in [9.17, 15) is 4.79 Å². The van der Waals surface area contributed by atoms with E-state index < -0.39 is 0 Å². The first-order valence-electron chi connectivity index (χ1n) is 5.71. The number of nitrogens with one attached hydrogen (secondary N) is 2. The first-order valence-corrected chi connectivity index (χ1v) is 5.71. The molecular weight excluding hydrogens is 216 g/mol. The predicted octanol–water partition coefficient (Wildman–Crippen LogP) is 1.94. The molecule has 0 bridgehead atoms. The standard InChI is InChI=1S/C13H20N2O2/c1-9(2)15-13(16)8-14-11-7-10(3)5-6-12(11)17-4/h5-7,9,14H,8H2,1-4H3,(H,15,16). The van der Waals surface area contributed by atoms with Crippen molar-refractivity contribution in [2.75, 3.05) is 19.0 Å². The second-order valence-corrected chi connectivity index (χ2v) is 4.28. The Morgan fingerprint density at radius 1 is 1.41 bits per heavy atom. The van der Waals surface area contributed by atoms with Crippen LogP contribution in [0.4, 0.5) is 5.69 Å². The summed E-state index contributed by atoms with van der Waals surface area (Å²) < 4.78 is 5.22. The number of benzene rings is 1. The molecule has 1 amide bonds. The van der Waals surface area contributed by atoms with Gasteiger partial charge in [-0.25, -0.2) is 0 Å². The van der Waals surface area contributed by atoms with Crippen molar-refractivity contribution >= 4 is 11.6 Å². The summed E-state index contributed by atoms with van der Waals surface area (Å²) in [5.41, 5.74) is 1.96. The Bertz CT molecular complexity index is 389. The minimum absolute atomic E-state index is 0.0245. The highest BCUT2D eigenvalue weighted by Crippen LogP contribution is 2.24. The highest BCUT2D eigenvalue weighted by Gasteiger charge is 2.06. The number of rotatable bonds is 5. The summed E-state index contributed by atoms with van der Waals surface area (Å²) in [7, 11) is 1.62. The number of amides is 1. The van der Waals surface area contributed by atoms with Gasteiger partial charge in [-0.05, 0) is 38.5 Å². The quantitative estimate of drug-likeness (QED) is 0.821. The zero-order valence-electron chi connectivity index (χ0n) is 10.8. The van der Waals surface area contributed by atoms with Crippen LogP contribution < -0.4 is 15.4 Å². The number of aryl methyl sites for hydroxylation is 1. The van der Waals surface area contributed by atoms with Crippen LogP contribution in [0.5, 0.6) is 5.75 Å². The van der Waals surface area contributed by atoms with Crippen molar-refractivity contribution in [2.45, 2.75) is 26.8 Å². The Kier molecular flexibility index (Phi) is 4.82. The molecule has 0 radical (unpaired) electrons.